The second-order valence-electron chi connectivity index (χ2n) is 4.71. The molecule has 0 aliphatic rings. The van der Waals surface area contributed by atoms with Crippen LogP contribution in [0.15, 0.2) is 18.2 Å². The van der Waals surface area contributed by atoms with Crippen LogP contribution in [-0.2, 0) is 20.0 Å². The van der Waals surface area contributed by atoms with E-state index in [1.807, 2.05) is 0 Å². The zero-order chi connectivity index (χ0) is 11.7. The fourth-order valence-electron chi connectivity index (χ4n) is 1.97. The van der Waals surface area contributed by atoms with Gasteiger partial charge in [0.05, 0.1) is 11.0 Å². The molecule has 0 saturated carbocycles. The topological polar surface area (TPSA) is 43.8 Å². The number of hydrogen-bond donors (Lipinski definition) is 1. The van der Waals surface area contributed by atoms with Gasteiger partial charge in [-0.1, -0.05) is 19.9 Å². The van der Waals surface area contributed by atoms with Crippen LogP contribution < -0.4 is 5.73 Å². The highest BCUT2D eigenvalue weighted by molar-refractivity contribution is 5.76. The highest BCUT2D eigenvalue weighted by Gasteiger charge is 2.09. The second-order valence-corrected chi connectivity index (χ2v) is 4.71. The highest BCUT2D eigenvalue weighted by Crippen LogP contribution is 2.18. The van der Waals surface area contributed by atoms with Gasteiger partial charge in [-0.15, -0.1) is 0 Å². The molecule has 0 saturated heterocycles. The van der Waals surface area contributed by atoms with Crippen LogP contribution in [0.4, 0.5) is 0 Å². The Morgan fingerprint density at radius 3 is 2.75 bits per heavy atom. The molecule has 0 bridgehead atoms. The van der Waals surface area contributed by atoms with Gasteiger partial charge >= 0.3 is 0 Å². The molecule has 1 heterocycles. The van der Waals surface area contributed by atoms with Crippen LogP contribution in [0.1, 0.15) is 25.2 Å². The molecule has 0 amide bonds. The number of benzene rings is 1. The molecule has 0 aliphatic carbocycles. The van der Waals surface area contributed by atoms with Gasteiger partial charge in [0.1, 0.15) is 5.82 Å². The van der Waals surface area contributed by atoms with Crippen molar-refractivity contribution in [1.29, 1.82) is 0 Å². The Hall–Kier alpha value is -1.35. The van der Waals surface area contributed by atoms with Gasteiger partial charge in [-0.05, 0) is 23.6 Å². The minimum Gasteiger partial charge on any atom is -0.331 e. The lowest BCUT2D eigenvalue weighted by atomic mass is 10.1. The summed E-state index contributed by atoms with van der Waals surface area (Å²) in [5, 5.41) is 0. The Labute approximate surface area is 96.3 Å². The zero-order valence-electron chi connectivity index (χ0n) is 10.2. The van der Waals surface area contributed by atoms with Crippen molar-refractivity contribution < 1.29 is 0 Å². The van der Waals surface area contributed by atoms with Crippen LogP contribution in [0.3, 0.4) is 0 Å². The molecule has 1 aromatic heterocycles. The van der Waals surface area contributed by atoms with Crippen molar-refractivity contribution in [1.82, 2.24) is 9.55 Å². The van der Waals surface area contributed by atoms with Gasteiger partial charge in [-0.25, -0.2) is 4.98 Å². The van der Waals surface area contributed by atoms with Gasteiger partial charge in [0.15, 0.2) is 0 Å². The second kappa shape index (κ2) is 4.26. The summed E-state index contributed by atoms with van der Waals surface area (Å²) in [7, 11) is 2.08. The van der Waals surface area contributed by atoms with Gasteiger partial charge in [-0.3, -0.25) is 0 Å². The minimum atomic E-state index is 0.575. The molecular formula is C13H19N3. The normalized spacial score (nSPS) is 11.6. The molecule has 16 heavy (non-hydrogen) atoms. The van der Waals surface area contributed by atoms with Gasteiger partial charge in [-0.2, -0.15) is 0 Å². The molecule has 2 rings (SSSR count). The summed E-state index contributed by atoms with van der Waals surface area (Å²) in [6, 6.07) is 6.26. The fraction of sp³-hybridized carbons (Fsp3) is 0.462. The third kappa shape index (κ3) is 1.95. The molecule has 3 heteroatoms. The lowest BCUT2D eigenvalue weighted by Gasteiger charge is -2.04. The summed E-state index contributed by atoms with van der Waals surface area (Å²) in [6.45, 7) is 5.00. The average molecular weight is 217 g/mol. The van der Waals surface area contributed by atoms with Crippen LogP contribution in [0.2, 0.25) is 0 Å². The smallest absolute Gasteiger partial charge is 0.109 e. The Bertz CT molecular complexity index is 497. The van der Waals surface area contributed by atoms with E-state index in [4.69, 9.17) is 5.73 Å². The van der Waals surface area contributed by atoms with Crippen molar-refractivity contribution in [3.63, 3.8) is 0 Å². The van der Waals surface area contributed by atoms with E-state index in [0.29, 0.717) is 12.5 Å². The number of hydrogen-bond acceptors (Lipinski definition) is 2. The first-order valence-corrected chi connectivity index (χ1v) is 5.76. The maximum Gasteiger partial charge on any atom is 0.109 e. The van der Waals surface area contributed by atoms with E-state index in [-0.39, 0.29) is 0 Å². The van der Waals surface area contributed by atoms with Gasteiger partial charge in [0.2, 0.25) is 0 Å². The number of imidazole rings is 1. The van der Waals surface area contributed by atoms with Crippen LogP contribution in [0.25, 0.3) is 11.0 Å². The Morgan fingerprint density at radius 1 is 1.38 bits per heavy atom. The SMILES string of the molecule is CC(C)Cc1nc2cc(CN)ccc2n1C. The Kier molecular flexibility index (Phi) is 2.97. The van der Waals surface area contributed by atoms with E-state index < -0.39 is 0 Å². The van der Waals surface area contributed by atoms with E-state index in [1.165, 1.54) is 5.52 Å². The van der Waals surface area contributed by atoms with Crippen LogP contribution in [0, 0.1) is 5.92 Å². The van der Waals surface area contributed by atoms with Crippen molar-refractivity contribution in [3.8, 4) is 0 Å². The first-order valence-electron chi connectivity index (χ1n) is 5.76. The Balaban J connectivity index is 2.50. The highest BCUT2D eigenvalue weighted by atomic mass is 15.1. The van der Waals surface area contributed by atoms with E-state index in [9.17, 15) is 0 Å². The Morgan fingerprint density at radius 2 is 2.12 bits per heavy atom. The van der Waals surface area contributed by atoms with Crippen molar-refractivity contribution in [2.45, 2.75) is 26.8 Å². The molecule has 2 N–H and O–H groups in total. The lowest BCUT2D eigenvalue weighted by Crippen LogP contribution is -2.02. The largest absolute Gasteiger partial charge is 0.331 e. The third-order valence-electron chi connectivity index (χ3n) is 2.86. The number of fused-ring (bicyclic) bond motifs is 1. The van der Waals surface area contributed by atoms with Crippen LogP contribution in [0.5, 0.6) is 0 Å². The maximum absolute atomic E-state index is 5.63. The first kappa shape index (κ1) is 11.1. The van der Waals surface area contributed by atoms with Crippen molar-refractivity contribution in [2.75, 3.05) is 0 Å². The lowest BCUT2D eigenvalue weighted by molar-refractivity contribution is 0.606. The molecule has 1 aromatic carbocycles. The summed E-state index contributed by atoms with van der Waals surface area (Å²) >= 11 is 0. The molecule has 0 fully saturated rings. The van der Waals surface area contributed by atoms with Crippen LogP contribution >= 0.6 is 0 Å². The van der Waals surface area contributed by atoms with Crippen molar-refractivity contribution in [2.24, 2.45) is 18.7 Å². The van der Waals surface area contributed by atoms with Crippen molar-refractivity contribution in [3.05, 3.63) is 29.6 Å². The summed E-state index contributed by atoms with van der Waals surface area (Å²) < 4.78 is 2.18. The first-order chi connectivity index (χ1) is 7.61. The molecule has 0 aliphatic heterocycles. The van der Waals surface area contributed by atoms with E-state index in [0.717, 1.165) is 23.3 Å². The summed E-state index contributed by atoms with van der Waals surface area (Å²) in [5.74, 6) is 1.78. The minimum absolute atomic E-state index is 0.575. The molecule has 3 nitrogen and oxygen atoms in total. The number of aromatic nitrogens is 2. The molecule has 86 valence electrons. The van der Waals surface area contributed by atoms with Crippen LogP contribution in [-0.4, -0.2) is 9.55 Å². The van der Waals surface area contributed by atoms with Gasteiger partial charge < -0.3 is 10.3 Å². The zero-order valence-corrected chi connectivity index (χ0v) is 10.2. The molecule has 0 radical (unpaired) electrons. The van der Waals surface area contributed by atoms with E-state index >= 15 is 0 Å². The molecule has 2 aromatic rings. The molecule has 0 spiro atoms. The summed E-state index contributed by atoms with van der Waals surface area (Å²) in [6.07, 6.45) is 1.02. The predicted octanol–water partition coefficient (Wildman–Crippen LogP) is 2.23. The number of nitrogens with two attached hydrogens (primary N) is 1. The third-order valence-corrected chi connectivity index (χ3v) is 2.86. The number of aryl methyl sites for hydroxylation is 1. The predicted molar refractivity (Wildman–Crippen MR) is 67.1 cm³/mol. The molecular weight excluding hydrogens is 198 g/mol. The van der Waals surface area contributed by atoms with E-state index in [1.54, 1.807) is 0 Å². The monoisotopic (exact) mass is 217 g/mol. The summed E-state index contributed by atoms with van der Waals surface area (Å²) in [5.41, 5.74) is 9.02. The van der Waals surface area contributed by atoms with E-state index in [2.05, 4.69) is 48.6 Å². The average Bonchev–Trinajstić information content (AvgIpc) is 2.54. The molecule has 0 unspecified atom stereocenters. The number of nitrogens with zero attached hydrogens (tertiary/aromatic N) is 2. The summed E-state index contributed by atoms with van der Waals surface area (Å²) in [4.78, 5) is 4.67. The maximum atomic E-state index is 5.63. The quantitative estimate of drug-likeness (QED) is 0.856. The fourth-order valence-corrected chi connectivity index (χ4v) is 1.97. The van der Waals surface area contributed by atoms with Crippen molar-refractivity contribution >= 4 is 11.0 Å². The number of rotatable bonds is 3. The standard InChI is InChI=1S/C13H19N3/c1-9(2)6-13-15-11-7-10(8-14)4-5-12(11)16(13)3/h4-5,7,9H,6,8,14H2,1-3H3. The molecule has 0 atom stereocenters. The van der Waals surface area contributed by atoms with Gasteiger partial charge in [0, 0.05) is 20.0 Å². The van der Waals surface area contributed by atoms with Gasteiger partial charge in [0.25, 0.3) is 0 Å².